The molecule has 0 bridgehead atoms. The molecular formula is C24H21NO5. The standard InChI is InChI=1S/C24H21NO5/c1-2-21(26)25-19-13-18(24(28)29)14-20(30-15-16-9-5-3-6-10-16)22(19)23(27)17-11-7-4-8-12-17/h3-14H,2,15H2,1H3,(H,25,26)(H,28,29). The lowest BCUT2D eigenvalue weighted by Gasteiger charge is -2.17. The van der Waals surface area contributed by atoms with Gasteiger partial charge in [0.05, 0.1) is 16.8 Å². The van der Waals surface area contributed by atoms with Crippen molar-refractivity contribution in [3.8, 4) is 5.75 Å². The first-order chi connectivity index (χ1) is 14.5. The summed E-state index contributed by atoms with van der Waals surface area (Å²) < 4.78 is 5.88. The van der Waals surface area contributed by atoms with Crippen LogP contribution in [0.4, 0.5) is 5.69 Å². The van der Waals surface area contributed by atoms with Gasteiger partial charge < -0.3 is 15.2 Å². The van der Waals surface area contributed by atoms with E-state index in [1.807, 2.05) is 30.3 Å². The zero-order valence-electron chi connectivity index (χ0n) is 16.4. The molecule has 0 aliphatic heterocycles. The lowest BCUT2D eigenvalue weighted by atomic mass is 9.98. The molecule has 0 aliphatic rings. The van der Waals surface area contributed by atoms with E-state index < -0.39 is 5.97 Å². The van der Waals surface area contributed by atoms with Crippen molar-refractivity contribution in [1.29, 1.82) is 0 Å². The van der Waals surface area contributed by atoms with Gasteiger partial charge in [0.15, 0.2) is 5.78 Å². The summed E-state index contributed by atoms with van der Waals surface area (Å²) in [5.74, 6) is -1.81. The summed E-state index contributed by atoms with van der Waals surface area (Å²) in [6.07, 6.45) is 0.177. The third-order valence-electron chi connectivity index (χ3n) is 4.44. The lowest BCUT2D eigenvalue weighted by Crippen LogP contribution is -2.16. The molecule has 152 valence electrons. The minimum absolute atomic E-state index is 0.0888. The van der Waals surface area contributed by atoms with E-state index in [1.54, 1.807) is 37.3 Å². The van der Waals surface area contributed by atoms with Gasteiger partial charge in [-0.2, -0.15) is 0 Å². The maximum atomic E-state index is 13.3. The Morgan fingerprint density at radius 2 is 1.53 bits per heavy atom. The number of carbonyl (C=O) groups excluding carboxylic acids is 2. The smallest absolute Gasteiger partial charge is 0.335 e. The van der Waals surface area contributed by atoms with E-state index >= 15 is 0 Å². The number of anilines is 1. The Morgan fingerprint density at radius 3 is 2.13 bits per heavy atom. The SMILES string of the molecule is CCC(=O)Nc1cc(C(=O)O)cc(OCc2ccccc2)c1C(=O)c1ccccc1. The van der Waals surface area contributed by atoms with Crippen LogP contribution in [0.2, 0.25) is 0 Å². The Balaban J connectivity index is 2.11. The molecule has 3 aromatic rings. The summed E-state index contributed by atoms with van der Waals surface area (Å²) in [4.78, 5) is 37.0. The molecule has 0 unspecified atom stereocenters. The highest BCUT2D eigenvalue weighted by Gasteiger charge is 2.23. The molecule has 0 aliphatic carbocycles. The number of hydrogen-bond acceptors (Lipinski definition) is 4. The van der Waals surface area contributed by atoms with Gasteiger partial charge in [-0.05, 0) is 17.7 Å². The molecule has 30 heavy (non-hydrogen) atoms. The number of benzene rings is 3. The molecular weight excluding hydrogens is 382 g/mol. The van der Waals surface area contributed by atoms with Crippen molar-refractivity contribution in [3.63, 3.8) is 0 Å². The zero-order valence-corrected chi connectivity index (χ0v) is 16.4. The number of aromatic carboxylic acids is 1. The van der Waals surface area contributed by atoms with E-state index in [-0.39, 0.29) is 47.3 Å². The molecule has 0 saturated carbocycles. The average Bonchev–Trinajstić information content (AvgIpc) is 2.78. The summed E-state index contributed by atoms with van der Waals surface area (Å²) in [6.45, 7) is 1.81. The molecule has 0 aromatic heterocycles. The van der Waals surface area contributed by atoms with Crippen LogP contribution < -0.4 is 10.1 Å². The molecule has 3 rings (SSSR count). The largest absolute Gasteiger partial charge is 0.488 e. The van der Waals surface area contributed by atoms with Crippen molar-refractivity contribution in [2.75, 3.05) is 5.32 Å². The summed E-state index contributed by atoms with van der Waals surface area (Å²) in [6, 6.07) is 20.4. The second kappa shape index (κ2) is 9.52. The second-order valence-corrected chi connectivity index (χ2v) is 6.57. The van der Waals surface area contributed by atoms with Gasteiger partial charge in [-0.3, -0.25) is 9.59 Å². The minimum atomic E-state index is -1.19. The number of carboxylic acids is 1. The van der Waals surface area contributed by atoms with Gasteiger partial charge in [0.1, 0.15) is 12.4 Å². The predicted molar refractivity (Wildman–Crippen MR) is 113 cm³/mol. The van der Waals surface area contributed by atoms with E-state index in [0.29, 0.717) is 5.56 Å². The van der Waals surface area contributed by atoms with Gasteiger partial charge in [-0.25, -0.2) is 4.79 Å². The molecule has 0 fully saturated rings. The number of carboxylic acid groups (broad SMARTS) is 1. The first-order valence-electron chi connectivity index (χ1n) is 9.47. The molecule has 3 aromatic carbocycles. The van der Waals surface area contributed by atoms with Crippen LogP contribution >= 0.6 is 0 Å². The molecule has 6 heteroatoms. The number of hydrogen-bond donors (Lipinski definition) is 2. The minimum Gasteiger partial charge on any atom is -0.488 e. The highest BCUT2D eigenvalue weighted by molar-refractivity contribution is 6.16. The van der Waals surface area contributed by atoms with Crippen LogP contribution in [0, 0.1) is 0 Å². The van der Waals surface area contributed by atoms with E-state index in [2.05, 4.69) is 5.32 Å². The predicted octanol–water partition coefficient (Wildman–Crippen LogP) is 4.54. The maximum absolute atomic E-state index is 13.3. The molecule has 2 N–H and O–H groups in total. The van der Waals surface area contributed by atoms with Crippen LogP contribution in [0.5, 0.6) is 5.75 Å². The van der Waals surface area contributed by atoms with Gasteiger partial charge in [0.2, 0.25) is 5.91 Å². The molecule has 0 radical (unpaired) electrons. The van der Waals surface area contributed by atoms with Crippen molar-refractivity contribution in [1.82, 2.24) is 0 Å². The van der Waals surface area contributed by atoms with Gasteiger partial charge in [0, 0.05) is 12.0 Å². The topological polar surface area (TPSA) is 92.7 Å². The Kier molecular flexibility index (Phi) is 6.60. The number of amides is 1. The normalized spacial score (nSPS) is 10.3. The van der Waals surface area contributed by atoms with Crippen LogP contribution in [0.25, 0.3) is 0 Å². The molecule has 0 atom stereocenters. The van der Waals surface area contributed by atoms with Crippen molar-refractivity contribution in [2.24, 2.45) is 0 Å². The quantitative estimate of drug-likeness (QED) is 0.539. The average molecular weight is 403 g/mol. The second-order valence-electron chi connectivity index (χ2n) is 6.57. The first-order valence-corrected chi connectivity index (χ1v) is 9.47. The van der Waals surface area contributed by atoms with Crippen LogP contribution in [-0.4, -0.2) is 22.8 Å². The number of nitrogens with one attached hydrogen (secondary N) is 1. The van der Waals surface area contributed by atoms with Crippen molar-refractivity contribution in [3.05, 3.63) is 95.1 Å². The van der Waals surface area contributed by atoms with E-state index in [4.69, 9.17) is 4.74 Å². The molecule has 0 saturated heterocycles. The Morgan fingerprint density at radius 1 is 0.900 bits per heavy atom. The fourth-order valence-corrected chi connectivity index (χ4v) is 2.89. The Hall–Kier alpha value is -3.93. The summed E-state index contributed by atoms with van der Waals surface area (Å²) in [7, 11) is 0. The van der Waals surface area contributed by atoms with Gasteiger partial charge in [0.25, 0.3) is 0 Å². The monoisotopic (exact) mass is 403 g/mol. The molecule has 0 spiro atoms. The van der Waals surface area contributed by atoms with Crippen molar-refractivity contribution < 1.29 is 24.2 Å². The van der Waals surface area contributed by atoms with Gasteiger partial charge in [-0.1, -0.05) is 67.6 Å². The van der Waals surface area contributed by atoms with Crippen molar-refractivity contribution >= 4 is 23.3 Å². The number of rotatable bonds is 8. The zero-order chi connectivity index (χ0) is 21.5. The lowest BCUT2D eigenvalue weighted by molar-refractivity contribution is -0.115. The van der Waals surface area contributed by atoms with E-state index in [0.717, 1.165) is 5.56 Å². The number of ether oxygens (including phenoxy) is 1. The first kappa shape index (κ1) is 20.8. The fourth-order valence-electron chi connectivity index (χ4n) is 2.89. The van der Waals surface area contributed by atoms with E-state index in [9.17, 15) is 19.5 Å². The van der Waals surface area contributed by atoms with E-state index in [1.165, 1.54) is 12.1 Å². The van der Waals surface area contributed by atoms with Gasteiger partial charge >= 0.3 is 5.97 Å². The third kappa shape index (κ3) is 4.91. The highest BCUT2D eigenvalue weighted by Crippen LogP contribution is 2.32. The summed E-state index contributed by atoms with van der Waals surface area (Å²) >= 11 is 0. The van der Waals surface area contributed by atoms with Crippen molar-refractivity contribution in [2.45, 2.75) is 20.0 Å². The molecule has 1 amide bonds. The number of carbonyl (C=O) groups is 3. The van der Waals surface area contributed by atoms with Gasteiger partial charge in [-0.15, -0.1) is 0 Å². The van der Waals surface area contributed by atoms with Crippen LogP contribution in [0.15, 0.2) is 72.8 Å². The summed E-state index contributed by atoms with van der Waals surface area (Å²) in [5.41, 5.74) is 1.39. The maximum Gasteiger partial charge on any atom is 0.335 e. The van der Waals surface area contributed by atoms with Crippen LogP contribution in [-0.2, 0) is 11.4 Å². The third-order valence-corrected chi connectivity index (χ3v) is 4.44. The molecule has 0 heterocycles. The Bertz CT molecular complexity index is 1060. The fraction of sp³-hybridized carbons (Fsp3) is 0.125. The van der Waals surface area contributed by atoms with Crippen LogP contribution in [0.1, 0.15) is 45.2 Å². The van der Waals surface area contributed by atoms with Crippen LogP contribution in [0.3, 0.4) is 0 Å². The summed E-state index contributed by atoms with van der Waals surface area (Å²) in [5, 5.41) is 12.1. The number of ketones is 1. The highest BCUT2D eigenvalue weighted by atomic mass is 16.5. The molecule has 6 nitrogen and oxygen atoms in total. The Labute approximate surface area is 174 Å².